The molecular weight excluding hydrogens is 361 g/mol. The first-order valence-electron chi connectivity index (χ1n) is 7.67. The van der Waals surface area contributed by atoms with Crippen LogP contribution >= 0.6 is 23.2 Å². The first-order chi connectivity index (χ1) is 11.9. The van der Waals surface area contributed by atoms with Crippen molar-refractivity contribution in [3.8, 4) is 0 Å². The van der Waals surface area contributed by atoms with Crippen LogP contribution in [0.5, 0.6) is 0 Å². The Balaban J connectivity index is 1.82. The highest BCUT2D eigenvalue weighted by Gasteiger charge is 2.09. The Kier molecular flexibility index (Phi) is 6.67. The van der Waals surface area contributed by atoms with Gasteiger partial charge in [0.25, 0.3) is 11.8 Å². The van der Waals surface area contributed by atoms with Crippen LogP contribution in [-0.2, 0) is 0 Å². The molecule has 0 aliphatic carbocycles. The van der Waals surface area contributed by atoms with E-state index in [1.54, 1.807) is 18.2 Å². The van der Waals surface area contributed by atoms with Crippen molar-refractivity contribution in [2.75, 3.05) is 32.1 Å². The summed E-state index contributed by atoms with van der Waals surface area (Å²) in [5, 5.41) is 6.21. The molecule has 2 aromatic carbocycles. The lowest BCUT2D eigenvalue weighted by Gasteiger charge is -2.13. The summed E-state index contributed by atoms with van der Waals surface area (Å²) in [5.74, 6) is -0.463. The maximum absolute atomic E-state index is 12.1. The molecule has 2 aromatic rings. The Hall–Kier alpha value is -2.24. The Morgan fingerprint density at radius 1 is 0.880 bits per heavy atom. The minimum atomic E-state index is -0.276. The third kappa shape index (κ3) is 5.37. The van der Waals surface area contributed by atoms with Crippen molar-refractivity contribution in [2.45, 2.75) is 0 Å². The number of carbonyl (C=O) groups is 2. The molecule has 0 unspecified atom stereocenters. The van der Waals surface area contributed by atoms with Crippen LogP contribution in [0.4, 0.5) is 5.69 Å². The van der Waals surface area contributed by atoms with Crippen molar-refractivity contribution in [1.82, 2.24) is 10.6 Å². The molecule has 0 aliphatic heterocycles. The van der Waals surface area contributed by atoms with E-state index in [1.165, 1.54) is 6.07 Å². The van der Waals surface area contributed by atoms with Crippen molar-refractivity contribution >= 4 is 40.7 Å². The van der Waals surface area contributed by atoms with E-state index in [2.05, 4.69) is 10.6 Å². The van der Waals surface area contributed by atoms with Crippen LogP contribution in [-0.4, -0.2) is 39.0 Å². The highest BCUT2D eigenvalue weighted by Crippen LogP contribution is 2.22. The van der Waals surface area contributed by atoms with E-state index in [4.69, 9.17) is 23.2 Å². The van der Waals surface area contributed by atoms with Crippen LogP contribution in [0.2, 0.25) is 10.0 Å². The molecule has 2 N–H and O–H groups in total. The number of nitrogens with zero attached hydrogens (tertiary/aromatic N) is 1. The van der Waals surface area contributed by atoms with Crippen molar-refractivity contribution in [2.24, 2.45) is 0 Å². The number of benzene rings is 2. The van der Waals surface area contributed by atoms with Gasteiger partial charge in [-0.25, -0.2) is 0 Å². The molecule has 0 saturated carbocycles. The van der Waals surface area contributed by atoms with Gasteiger partial charge in [0.1, 0.15) is 0 Å². The molecule has 0 fully saturated rings. The van der Waals surface area contributed by atoms with Crippen molar-refractivity contribution in [3.05, 3.63) is 63.6 Å². The first-order valence-corrected chi connectivity index (χ1v) is 8.43. The second kappa shape index (κ2) is 8.74. The molecule has 2 rings (SSSR count). The van der Waals surface area contributed by atoms with E-state index in [0.29, 0.717) is 34.3 Å². The Bertz CT molecular complexity index is 779. The maximum Gasteiger partial charge on any atom is 0.251 e. The predicted molar refractivity (Wildman–Crippen MR) is 102 cm³/mol. The Labute approximate surface area is 156 Å². The molecule has 0 radical (unpaired) electrons. The van der Waals surface area contributed by atoms with Gasteiger partial charge in [0.15, 0.2) is 0 Å². The fourth-order valence-corrected chi connectivity index (χ4v) is 2.42. The summed E-state index contributed by atoms with van der Waals surface area (Å²) in [4.78, 5) is 26.1. The van der Waals surface area contributed by atoms with Crippen molar-refractivity contribution in [3.63, 3.8) is 0 Å². The van der Waals surface area contributed by atoms with Crippen LogP contribution in [0, 0.1) is 0 Å². The average Bonchev–Trinajstić information content (AvgIpc) is 2.60. The number of halogens is 2. The van der Waals surface area contributed by atoms with Gasteiger partial charge in [-0.05, 0) is 36.4 Å². The monoisotopic (exact) mass is 379 g/mol. The number of hydrogen-bond acceptors (Lipinski definition) is 3. The molecule has 0 spiro atoms. The highest BCUT2D eigenvalue weighted by molar-refractivity contribution is 6.42. The van der Waals surface area contributed by atoms with Gasteiger partial charge in [0.05, 0.1) is 10.0 Å². The highest BCUT2D eigenvalue weighted by atomic mass is 35.5. The zero-order valence-electron chi connectivity index (χ0n) is 14.0. The third-order valence-corrected chi connectivity index (χ3v) is 4.24. The second-order valence-electron chi connectivity index (χ2n) is 5.59. The molecule has 0 bridgehead atoms. The third-order valence-electron chi connectivity index (χ3n) is 3.50. The van der Waals surface area contributed by atoms with Crippen LogP contribution in [0.1, 0.15) is 20.7 Å². The summed E-state index contributed by atoms with van der Waals surface area (Å²) in [6, 6.07) is 12.0. The lowest BCUT2D eigenvalue weighted by molar-refractivity contribution is 0.0927. The van der Waals surface area contributed by atoms with Crippen LogP contribution < -0.4 is 15.5 Å². The Morgan fingerprint density at radius 3 is 2.04 bits per heavy atom. The quantitative estimate of drug-likeness (QED) is 0.757. The lowest BCUT2D eigenvalue weighted by atomic mass is 10.2. The van der Waals surface area contributed by atoms with Gasteiger partial charge in [0, 0.05) is 44.0 Å². The van der Waals surface area contributed by atoms with E-state index in [-0.39, 0.29) is 11.8 Å². The molecule has 0 heterocycles. The molecule has 0 aromatic heterocycles. The standard InChI is InChI=1S/C18H19Cl2N3O2/c1-23(2)14-5-3-4-12(10-14)17(24)21-8-9-22-18(25)13-6-7-15(19)16(20)11-13/h3-7,10-11H,8-9H2,1-2H3,(H,21,24)(H,22,25). The summed E-state index contributed by atoms with van der Waals surface area (Å²) in [5.41, 5.74) is 1.93. The first kappa shape index (κ1) is 19.1. The summed E-state index contributed by atoms with van der Waals surface area (Å²) in [6.07, 6.45) is 0. The maximum atomic E-state index is 12.1. The van der Waals surface area contributed by atoms with Crippen LogP contribution in [0.3, 0.4) is 0 Å². The van der Waals surface area contributed by atoms with Crippen molar-refractivity contribution < 1.29 is 9.59 Å². The topological polar surface area (TPSA) is 61.4 Å². The van der Waals surface area contributed by atoms with E-state index < -0.39 is 0 Å². The minimum absolute atomic E-state index is 0.188. The molecule has 132 valence electrons. The summed E-state index contributed by atoms with van der Waals surface area (Å²) in [6.45, 7) is 0.621. The molecule has 0 atom stereocenters. The molecule has 0 aliphatic rings. The van der Waals surface area contributed by atoms with Gasteiger partial charge in [-0.15, -0.1) is 0 Å². The zero-order valence-corrected chi connectivity index (χ0v) is 15.5. The fraction of sp³-hybridized carbons (Fsp3) is 0.222. The van der Waals surface area contributed by atoms with Gasteiger partial charge in [-0.3, -0.25) is 9.59 Å². The SMILES string of the molecule is CN(C)c1cccc(C(=O)NCCNC(=O)c2ccc(Cl)c(Cl)c2)c1. The molecular formula is C18H19Cl2N3O2. The molecule has 2 amide bonds. The Morgan fingerprint density at radius 2 is 1.48 bits per heavy atom. The minimum Gasteiger partial charge on any atom is -0.378 e. The van der Waals surface area contributed by atoms with E-state index in [9.17, 15) is 9.59 Å². The number of carbonyl (C=O) groups excluding carboxylic acids is 2. The zero-order chi connectivity index (χ0) is 18.4. The molecule has 25 heavy (non-hydrogen) atoms. The van der Waals surface area contributed by atoms with E-state index in [1.807, 2.05) is 37.2 Å². The smallest absolute Gasteiger partial charge is 0.251 e. The van der Waals surface area contributed by atoms with Crippen molar-refractivity contribution in [1.29, 1.82) is 0 Å². The average molecular weight is 380 g/mol. The normalized spacial score (nSPS) is 10.2. The molecule has 0 saturated heterocycles. The fourth-order valence-electron chi connectivity index (χ4n) is 2.12. The second-order valence-corrected chi connectivity index (χ2v) is 6.40. The van der Waals surface area contributed by atoms with Gasteiger partial charge >= 0.3 is 0 Å². The van der Waals surface area contributed by atoms with Gasteiger partial charge in [0.2, 0.25) is 0 Å². The van der Waals surface area contributed by atoms with Crippen LogP contribution in [0.15, 0.2) is 42.5 Å². The number of amides is 2. The molecule has 5 nitrogen and oxygen atoms in total. The van der Waals surface area contributed by atoms with E-state index in [0.717, 1.165) is 5.69 Å². The summed E-state index contributed by atoms with van der Waals surface area (Å²) in [7, 11) is 3.82. The summed E-state index contributed by atoms with van der Waals surface area (Å²) >= 11 is 11.7. The number of hydrogen-bond donors (Lipinski definition) is 2. The lowest BCUT2D eigenvalue weighted by Crippen LogP contribution is -2.34. The summed E-state index contributed by atoms with van der Waals surface area (Å²) < 4.78 is 0. The largest absolute Gasteiger partial charge is 0.378 e. The van der Waals surface area contributed by atoms with E-state index >= 15 is 0 Å². The number of nitrogens with one attached hydrogen (secondary N) is 2. The molecule has 7 heteroatoms. The number of anilines is 1. The predicted octanol–water partition coefficient (Wildman–Crippen LogP) is 3.22. The number of rotatable bonds is 6. The van der Waals surface area contributed by atoms with Crippen LogP contribution in [0.25, 0.3) is 0 Å². The van der Waals surface area contributed by atoms with Gasteiger partial charge in [-0.2, -0.15) is 0 Å². The van der Waals surface area contributed by atoms with Gasteiger partial charge < -0.3 is 15.5 Å². The van der Waals surface area contributed by atoms with Gasteiger partial charge in [-0.1, -0.05) is 29.3 Å².